The summed E-state index contributed by atoms with van der Waals surface area (Å²) in [6.45, 7) is 3.79. The standard InChI is InChI=1S/C17H18N2O3S/c1-3-13-16(10(2)19-22-13)17(21)18-9-12(20)15-8-11-6-4-5-7-14(11)23-15/h4-8,12,20H,3,9H2,1-2H3,(H,18,21)/t12-/m0/s1. The highest BCUT2D eigenvalue weighted by Gasteiger charge is 2.20. The van der Waals surface area contributed by atoms with E-state index in [1.54, 1.807) is 6.92 Å². The molecule has 0 bridgehead atoms. The van der Waals surface area contributed by atoms with Crippen molar-refractivity contribution in [1.82, 2.24) is 10.5 Å². The van der Waals surface area contributed by atoms with Crippen LogP contribution in [0.15, 0.2) is 34.9 Å². The van der Waals surface area contributed by atoms with Crippen molar-refractivity contribution in [2.24, 2.45) is 0 Å². The molecule has 2 heterocycles. The molecule has 120 valence electrons. The molecule has 0 saturated heterocycles. The maximum absolute atomic E-state index is 12.3. The van der Waals surface area contributed by atoms with Gasteiger partial charge in [0.25, 0.3) is 5.91 Å². The molecule has 3 rings (SSSR count). The summed E-state index contributed by atoms with van der Waals surface area (Å²) in [6, 6.07) is 9.92. The third-order valence-corrected chi connectivity index (χ3v) is 4.93. The van der Waals surface area contributed by atoms with Gasteiger partial charge >= 0.3 is 0 Å². The molecule has 0 fully saturated rings. The monoisotopic (exact) mass is 330 g/mol. The number of fused-ring (bicyclic) bond motifs is 1. The van der Waals surface area contributed by atoms with Crippen molar-refractivity contribution in [3.8, 4) is 0 Å². The zero-order valence-corrected chi connectivity index (χ0v) is 13.8. The number of aliphatic hydroxyl groups is 1. The van der Waals surface area contributed by atoms with Crippen molar-refractivity contribution < 1.29 is 14.4 Å². The Morgan fingerprint density at radius 2 is 2.22 bits per heavy atom. The van der Waals surface area contributed by atoms with Crippen molar-refractivity contribution in [1.29, 1.82) is 0 Å². The van der Waals surface area contributed by atoms with Crippen molar-refractivity contribution >= 4 is 27.3 Å². The molecule has 1 aromatic carbocycles. The van der Waals surface area contributed by atoms with E-state index in [1.165, 1.54) is 11.3 Å². The van der Waals surface area contributed by atoms with Gasteiger partial charge in [-0.1, -0.05) is 30.3 Å². The molecule has 0 saturated carbocycles. The minimum absolute atomic E-state index is 0.152. The van der Waals surface area contributed by atoms with Crippen molar-refractivity contribution in [2.75, 3.05) is 6.54 Å². The molecular formula is C17H18N2O3S. The van der Waals surface area contributed by atoms with E-state index < -0.39 is 6.10 Å². The first-order chi connectivity index (χ1) is 11.1. The van der Waals surface area contributed by atoms with E-state index in [0.29, 0.717) is 23.4 Å². The average Bonchev–Trinajstić information content (AvgIpc) is 3.15. The summed E-state index contributed by atoms with van der Waals surface area (Å²) in [5.74, 6) is 0.303. The maximum atomic E-state index is 12.3. The van der Waals surface area contributed by atoms with E-state index in [1.807, 2.05) is 37.3 Å². The number of nitrogens with one attached hydrogen (secondary N) is 1. The van der Waals surface area contributed by atoms with Crippen molar-refractivity contribution in [2.45, 2.75) is 26.4 Å². The Balaban J connectivity index is 1.69. The SMILES string of the molecule is CCc1onc(C)c1C(=O)NC[C@H](O)c1cc2ccccc2s1. The summed E-state index contributed by atoms with van der Waals surface area (Å²) >= 11 is 1.53. The van der Waals surface area contributed by atoms with Crippen LogP contribution in [0.4, 0.5) is 0 Å². The Labute approximate surface area is 137 Å². The van der Waals surface area contributed by atoms with Crippen LogP contribution in [0.25, 0.3) is 10.1 Å². The topological polar surface area (TPSA) is 75.4 Å². The van der Waals surface area contributed by atoms with E-state index in [-0.39, 0.29) is 12.5 Å². The first-order valence-electron chi connectivity index (χ1n) is 7.50. The fourth-order valence-electron chi connectivity index (χ4n) is 2.49. The lowest BCUT2D eigenvalue weighted by atomic mass is 10.1. The van der Waals surface area contributed by atoms with Gasteiger partial charge in [-0.3, -0.25) is 4.79 Å². The van der Waals surface area contributed by atoms with Gasteiger partial charge in [-0.15, -0.1) is 11.3 Å². The second-order valence-corrected chi connectivity index (χ2v) is 6.45. The molecule has 2 N–H and O–H groups in total. The Kier molecular flexibility index (Phi) is 4.45. The van der Waals surface area contributed by atoms with Gasteiger partial charge in [-0.2, -0.15) is 0 Å². The number of thiophene rings is 1. The lowest BCUT2D eigenvalue weighted by Gasteiger charge is -2.10. The van der Waals surface area contributed by atoms with E-state index >= 15 is 0 Å². The van der Waals surface area contributed by atoms with Crippen molar-refractivity contribution in [3.05, 3.63) is 52.2 Å². The highest BCUT2D eigenvalue weighted by molar-refractivity contribution is 7.19. The molecule has 0 spiro atoms. The number of amides is 1. The van der Waals surface area contributed by atoms with Crippen LogP contribution in [0.3, 0.4) is 0 Å². The summed E-state index contributed by atoms with van der Waals surface area (Å²) in [5.41, 5.74) is 1.03. The lowest BCUT2D eigenvalue weighted by molar-refractivity contribution is 0.0915. The van der Waals surface area contributed by atoms with Crippen LogP contribution in [0, 0.1) is 6.92 Å². The second-order valence-electron chi connectivity index (χ2n) is 5.33. The first kappa shape index (κ1) is 15.7. The molecule has 0 aliphatic heterocycles. The molecule has 0 aliphatic carbocycles. The minimum Gasteiger partial charge on any atom is -0.386 e. The highest BCUT2D eigenvalue weighted by Crippen LogP contribution is 2.29. The Morgan fingerprint density at radius 3 is 2.96 bits per heavy atom. The van der Waals surface area contributed by atoms with E-state index in [4.69, 9.17) is 4.52 Å². The van der Waals surface area contributed by atoms with Crippen LogP contribution in [-0.4, -0.2) is 22.7 Å². The predicted octanol–water partition coefficient (Wildman–Crippen LogP) is 3.22. The molecule has 0 aliphatic rings. The summed E-state index contributed by atoms with van der Waals surface area (Å²) in [5, 5.41) is 18.0. The Morgan fingerprint density at radius 1 is 1.43 bits per heavy atom. The van der Waals surface area contributed by atoms with E-state index in [2.05, 4.69) is 10.5 Å². The van der Waals surface area contributed by atoms with Gasteiger partial charge in [0, 0.05) is 22.5 Å². The van der Waals surface area contributed by atoms with Crippen LogP contribution in [-0.2, 0) is 6.42 Å². The second kappa shape index (κ2) is 6.52. The van der Waals surface area contributed by atoms with E-state index in [9.17, 15) is 9.90 Å². The predicted molar refractivity (Wildman–Crippen MR) is 89.7 cm³/mol. The summed E-state index contributed by atoms with van der Waals surface area (Å²) in [7, 11) is 0. The average molecular weight is 330 g/mol. The number of benzene rings is 1. The first-order valence-corrected chi connectivity index (χ1v) is 8.31. The summed E-state index contributed by atoms with van der Waals surface area (Å²) in [4.78, 5) is 13.1. The van der Waals surface area contributed by atoms with Crippen LogP contribution >= 0.6 is 11.3 Å². The molecule has 0 radical (unpaired) electrons. The number of hydrogen-bond donors (Lipinski definition) is 2. The Bertz CT molecular complexity index is 804. The number of aryl methyl sites for hydroxylation is 2. The number of hydrogen-bond acceptors (Lipinski definition) is 5. The zero-order chi connectivity index (χ0) is 16.4. The Hall–Kier alpha value is -2.18. The van der Waals surface area contributed by atoms with Gasteiger partial charge < -0.3 is 14.9 Å². The van der Waals surface area contributed by atoms with Gasteiger partial charge in [0.2, 0.25) is 0 Å². The number of rotatable bonds is 5. The molecular weight excluding hydrogens is 312 g/mol. The largest absolute Gasteiger partial charge is 0.386 e. The number of aliphatic hydroxyl groups excluding tert-OH is 1. The molecule has 1 amide bonds. The number of aromatic nitrogens is 1. The normalized spacial score (nSPS) is 12.5. The van der Waals surface area contributed by atoms with E-state index in [0.717, 1.165) is 15.0 Å². The zero-order valence-electron chi connectivity index (χ0n) is 13.0. The number of nitrogens with zero attached hydrogens (tertiary/aromatic N) is 1. The minimum atomic E-state index is -0.735. The van der Waals surface area contributed by atoms with Gasteiger partial charge in [-0.25, -0.2) is 0 Å². The van der Waals surface area contributed by atoms with Crippen LogP contribution < -0.4 is 5.32 Å². The summed E-state index contributed by atoms with van der Waals surface area (Å²) in [6.07, 6.45) is -0.135. The summed E-state index contributed by atoms with van der Waals surface area (Å²) < 4.78 is 6.25. The third-order valence-electron chi connectivity index (χ3n) is 3.71. The molecule has 1 atom stereocenters. The molecule has 5 nitrogen and oxygen atoms in total. The number of carbonyl (C=O) groups excluding carboxylic acids is 1. The quantitative estimate of drug-likeness (QED) is 0.753. The lowest BCUT2D eigenvalue weighted by Crippen LogP contribution is -2.29. The van der Waals surface area contributed by atoms with Gasteiger partial charge in [0.05, 0.1) is 5.69 Å². The fourth-order valence-corrected chi connectivity index (χ4v) is 3.54. The highest BCUT2D eigenvalue weighted by atomic mass is 32.1. The molecule has 2 aromatic heterocycles. The molecule has 3 aromatic rings. The molecule has 6 heteroatoms. The maximum Gasteiger partial charge on any atom is 0.256 e. The van der Waals surface area contributed by atoms with Gasteiger partial charge in [0.1, 0.15) is 17.4 Å². The van der Waals surface area contributed by atoms with Gasteiger partial charge in [-0.05, 0) is 24.4 Å². The van der Waals surface area contributed by atoms with Gasteiger partial charge in [0.15, 0.2) is 0 Å². The van der Waals surface area contributed by atoms with Crippen molar-refractivity contribution in [3.63, 3.8) is 0 Å². The smallest absolute Gasteiger partial charge is 0.256 e. The van der Waals surface area contributed by atoms with Crippen LogP contribution in [0.2, 0.25) is 0 Å². The molecule has 0 unspecified atom stereocenters. The number of carbonyl (C=O) groups is 1. The molecule has 23 heavy (non-hydrogen) atoms. The van der Waals surface area contributed by atoms with Crippen LogP contribution in [0.1, 0.15) is 39.7 Å². The fraction of sp³-hybridized carbons (Fsp3) is 0.294. The third kappa shape index (κ3) is 3.13. The van der Waals surface area contributed by atoms with Crippen LogP contribution in [0.5, 0.6) is 0 Å².